The van der Waals surface area contributed by atoms with Gasteiger partial charge in [-0.1, -0.05) is 83.6 Å². The first-order valence-corrected chi connectivity index (χ1v) is 15.6. The molecule has 35 heavy (non-hydrogen) atoms. The molecule has 1 aromatic rings. The highest BCUT2D eigenvalue weighted by Gasteiger charge is 2.36. The molecular weight excluding hydrogens is 422 g/mol. The number of rotatable bonds is 14. The van der Waals surface area contributed by atoms with E-state index in [1.54, 1.807) is 5.56 Å². The molecule has 1 nitrogen and oxygen atoms in total. The lowest BCUT2D eigenvalue weighted by Gasteiger charge is -2.37. The summed E-state index contributed by atoms with van der Waals surface area (Å²) in [7, 11) is 0. The molecule has 2 aliphatic rings. The van der Waals surface area contributed by atoms with Gasteiger partial charge >= 0.3 is 0 Å². The highest BCUT2D eigenvalue weighted by Crippen LogP contribution is 2.46. The molecule has 2 saturated carbocycles. The second-order valence-electron chi connectivity index (χ2n) is 12.6. The zero-order valence-corrected chi connectivity index (χ0v) is 23.5. The van der Waals surface area contributed by atoms with Gasteiger partial charge in [0.25, 0.3) is 0 Å². The summed E-state index contributed by atoms with van der Waals surface area (Å²) >= 11 is 0. The Bertz CT molecular complexity index is 725. The first kappa shape index (κ1) is 28.3. The van der Waals surface area contributed by atoms with Crippen LogP contribution in [-0.2, 0) is 6.42 Å². The normalized spacial score (nSPS) is 27.9. The number of nitrogens with zero attached hydrogens (tertiary/aromatic N) is 1. The Labute approximate surface area is 218 Å². The molecule has 3 rings (SSSR count). The van der Waals surface area contributed by atoms with E-state index in [0.717, 1.165) is 42.9 Å². The van der Waals surface area contributed by atoms with E-state index in [2.05, 4.69) is 51.1 Å². The monoisotopic (exact) mass is 477 g/mol. The predicted octanol–water partition coefficient (Wildman–Crippen LogP) is 10.8. The van der Waals surface area contributed by atoms with Crippen molar-refractivity contribution in [3.05, 3.63) is 35.4 Å². The molecule has 2 fully saturated rings. The average Bonchev–Trinajstić information content (AvgIpc) is 2.91. The van der Waals surface area contributed by atoms with Crippen LogP contribution < -0.4 is 0 Å². The fraction of sp³-hybridized carbons (Fsp3) is 0.794. The zero-order chi connectivity index (χ0) is 24.9. The third-order valence-corrected chi connectivity index (χ3v) is 9.88. The van der Waals surface area contributed by atoms with E-state index in [1.165, 1.54) is 108 Å². The van der Waals surface area contributed by atoms with Crippen molar-refractivity contribution in [2.24, 2.45) is 23.2 Å². The summed E-state index contributed by atoms with van der Waals surface area (Å²) in [5.74, 6) is 3.33. The van der Waals surface area contributed by atoms with Crippen LogP contribution in [0.25, 0.3) is 0 Å². The van der Waals surface area contributed by atoms with Crippen LogP contribution in [0.1, 0.15) is 153 Å². The van der Waals surface area contributed by atoms with Gasteiger partial charge in [0.1, 0.15) is 0 Å². The van der Waals surface area contributed by atoms with Crippen LogP contribution in [0.5, 0.6) is 0 Å². The molecule has 0 bridgehead atoms. The van der Waals surface area contributed by atoms with Crippen molar-refractivity contribution >= 4 is 0 Å². The van der Waals surface area contributed by atoms with Gasteiger partial charge in [0.2, 0.25) is 0 Å². The molecule has 0 aliphatic heterocycles. The van der Waals surface area contributed by atoms with Crippen molar-refractivity contribution in [1.82, 2.24) is 0 Å². The molecule has 1 heteroatoms. The molecule has 196 valence electrons. The largest absolute Gasteiger partial charge is 0.198 e. The number of hydrogen-bond donors (Lipinski definition) is 0. The van der Waals surface area contributed by atoms with E-state index < -0.39 is 0 Å². The van der Waals surface area contributed by atoms with E-state index >= 15 is 0 Å². The van der Waals surface area contributed by atoms with Gasteiger partial charge in [-0.05, 0) is 118 Å². The van der Waals surface area contributed by atoms with Crippen molar-refractivity contribution in [2.75, 3.05) is 0 Å². The van der Waals surface area contributed by atoms with Crippen molar-refractivity contribution < 1.29 is 0 Å². The van der Waals surface area contributed by atoms with Crippen LogP contribution in [0.15, 0.2) is 24.3 Å². The summed E-state index contributed by atoms with van der Waals surface area (Å²) in [6.45, 7) is 7.00. The number of nitriles is 1. The minimum absolute atomic E-state index is 0.00532. The summed E-state index contributed by atoms with van der Waals surface area (Å²) in [6, 6.07) is 12.5. The summed E-state index contributed by atoms with van der Waals surface area (Å²) in [4.78, 5) is 0. The van der Waals surface area contributed by atoms with E-state index in [-0.39, 0.29) is 5.41 Å². The van der Waals surface area contributed by atoms with Gasteiger partial charge in [-0.3, -0.25) is 0 Å². The van der Waals surface area contributed by atoms with Crippen LogP contribution >= 0.6 is 0 Å². The molecule has 1 atom stereocenters. The van der Waals surface area contributed by atoms with Crippen LogP contribution in [0.3, 0.4) is 0 Å². The fourth-order valence-electron chi connectivity index (χ4n) is 6.95. The topological polar surface area (TPSA) is 23.8 Å². The molecule has 1 unspecified atom stereocenters. The third-order valence-electron chi connectivity index (χ3n) is 9.88. The van der Waals surface area contributed by atoms with Gasteiger partial charge in [-0.25, -0.2) is 0 Å². The lowest BCUT2D eigenvalue weighted by Crippen LogP contribution is -2.28. The van der Waals surface area contributed by atoms with E-state index in [4.69, 9.17) is 0 Å². The van der Waals surface area contributed by atoms with Gasteiger partial charge in [-0.15, -0.1) is 0 Å². The first-order valence-electron chi connectivity index (χ1n) is 15.6. The van der Waals surface area contributed by atoms with Gasteiger partial charge in [0.15, 0.2) is 0 Å². The maximum Gasteiger partial charge on any atom is 0.0689 e. The summed E-state index contributed by atoms with van der Waals surface area (Å²) in [6.07, 6.45) is 25.0. The Morgan fingerprint density at radius 2 is 1.51 bits per heavy atom. The van der Waals surface area contributed by atoms with Crippen LogP contribution in [-0.4, -0.2) is 0 Å². The van der Waals surface area contributed by atoms with Crippen LogP contribution in [0, 0.1) is 34.5 Å². The standard InChI is InChI=1S/C34H55N/c1-4-6-7-8-9-10-11-29-12-16-32(17-13-29)33-18-14-30(15-19-33)20-23-34(27-35)24-21-31(22-25-34)26-28(3)5-2/h12-13,16-17,28,30-31,33H,4-11,14-15,18-26H2,1-3H3. The van der Waals surface area contributed by atoms with Crippen molar-refractivity contribution in [3.8, 4) is 6.07 Å². The number of hydrogen-bond acceptors (Lipinski definition) is 1. The third kappa shape index (κ3) is 9.26. The minimum atomic E-state index is -0.00532. The summed E-state index contributed by atoms with van der Waals surface area (Å²) in [5.41, 5.74) is 3.09. The molecular formula is C34H55N. The lowest BCUT2D eigenvalue weighted by molar-refractivity contribution is 0.160. The number of benzene rings is 1. The summed E-state index contributed by atoms with van der Waals surface area (Å²) in [5, 5.41) is 10.1. The van der Waals surface area contributed by atoms with Crippen molar-refractivity contribution in [3.63, 3.8) is 0 Å². The molecule has 0 spiro atoms. The van der Waals surface area contributed by atoms with Crippen molar-refractivity contribution in [1.29, 1.82) is 5.26 Å². The van der Waals surface area contributed by atoms with Crippen LogP contribution in [0.2, 0.25) is 0 Å². The Balaban J connectivity index is 1.35. The van der Waals surface area contributed by atoms with Gasteiger partial charge < -0.3 is 0 Å². The molecule has 0 radical (unpaired) electrons. The van der Waals surface area contributed by atoms with Crippen molar-refractivity contribution in [2.45, 2.75) is 149 Å². The Hall–Kier alpha value is -1.29. The summed E-state index contributed by atoms with van der Waals surface area (Å²) < 4.78 is 0. The Morgan fingerprint density at radius 3 is 2.14 bits per heavy atom. The molecule has 2 aliphatic carbocycles. The Kier molecular flexibility index (Phi) is 12.2. The van der Waals surface area contributed by atoms with E-state index in [1.807, 2.05) is 0 Å². The molecule has 1 aromatic carbocycles. The maximum atomic E-state index is 10.1. The SMILES string of the molecule is CCCCCCCCc1ccc(C2CCC(CCC3(C#N)CCC(CC(C)CC)CC3)CC2)cc1. The van der Waals surface area contributed by atoms with E-state index in [9.17, 15) is 5.26 Å². The smallest absolute Gasteiger partial charge is 0.0689 e. The molecule has 0 aromatic heterocycles. The fourth-order valence-corrected chi connectivity index (χ4v) is 6.95. The number of aryl methyl sites for hydroxylation is 1. The highest BCUT2D eigenvalue weighted by atomic mass is 14.4. The second kappa shape index (κ2) is 15.1. The Morgan fingerprint density at radius 1 is 0.857 bits per heavy atom. The average molecular weight is 478 g/mol. The molecule has 0 N–H and O–H groups in total. The zero-order valence-electron chi connectivity index (χ0n) is 23.5. The van der Waals surface area contributed by atoms with Gasteiger partial charge in [0.05, 0.1) is 11.5 Å². The lowest BCUT2D eigenvalue weighted by atomic mass is 9.66. The number of unbranched alkanes of at least 4 members (excludes halogenated alkanes) is 5. The maximum absolute atomic E-state index is 10.1. The molecule has 0 amide bonds. The van der Waals surface area contributed by atoms with Crippen LogP contribution in [0.4, 0.5) is 0 Å². The minimum Gasteiger partial charge on any atom is -0.198 e. The quantitative estimate of drug-likeness (QED) is 0.244. The molecule has 0 saturated heterocycles. The molecule has 0 heterocycles. The van der Waals surface area contributed by atoms with Gasteiger partial charge in [0, 0.05) is 0 Å². The predicted molar refractivity (Wildman–Crippen MR) is 152 cm³/mol. The second-order valence-corrected chi connectivity index (χ2v) is 12.6. The van der Waals surface area contributed by atoms with Gasteiger partial charge in [-0.2, -0.15) is 5.26 Å². The highest BCUT2D eigenvalue weighted by molar-refractivity contribution is 5.26. The van der Waals surface area contributed by atoms with E-state index in [0.29, 0.717) is 0 Å². The first-order chi connectivity index (χ1) is 17.1.